The zero-order valence-corrected chi connectivity index (χ0v) is 20.2. The molecule has 1 N–H and O–H groups in total. The molecule has 2 amide bonds. The third kappa shape index (κ3) is 5.36. The van der Waals surface area contributed by atoms with Gasteiger partial charge in [0.25, 0.3) is 0 Å². The first-order chi connectivity index (χ1) is 15.4. The molecule has 3 rings (SSSR count). The number of ether oxygens (including phenoxy) is 1. The topological polar surface area (TPSA) is 75.9 Å². The number of aromatic nitrogens is 2. The monoisotopic (exact) mass is 566 g/mol. The highest BCUT2D eigenvalue weighted by Crippen LogP contribution is 2.35. The summed E-state index contributed by atoms with van der Waals surface area (Å²) in [6.07, 6.45) is -3.28. The van der Waals surface area contributed by atoms with Crippen molar-refractivity contribution < 1.29 is 27.5 Å². The Bertz CT molecular complexity index is 1230. The predicted molar refractivity (Wildman–Crippen MR) is 121 cm³/mol. The van der Waals surface area contributed by atoms with Crippen LogP contribution in [0.25, 0.3) is 5.65 Å². The lowest BCUT2D eigenvalue weighted by Gasteiger charge is -2.21. The molecule has 0 aliphatic rings. The standard InChI is InChI=1S/C20H16BrCl2F3N4O3/c1-10-17(21)30-7-3-4-14(18(30)28-10)33-9-11-12(22)5-6-13(16(11)23)29(2)15(31)8-27-19(32)20(24,25)26/h3-7H,8-9H2,1-2H3,(H,27,32). The van der Waals surface area contributed by atoms with Gasteiger partial charge in [-0.15, -0.1) is 0 Å². The number of nitrogens with zero attached hydrogens (tertiary/aromatic N) is 3. The van der Waals surface area contributed by atoms with Crippen LogP contribution in [0.1, 0.15) is 11.3 Å². The molecule has 0 aliphatic heterocycles. The number of carbonyl (C=O) groups excluding carboxylic acids is 2. The van der Waals surface area contributed by atoms with Gasteiger partial charge in [0.05, 0.1) is 22.9 Å². The van der Waals surface area contributed by atoms with E-state index in [-0.39, 0.29) is 22.3 Å². The molecule has 0 fully saturated rings. The number of amides is 2. The number of alkyl halides is 3. The Morgan fingerprint density at radius 3 is 2.64 bits per heavy atom. The Hall–Kier alpha value is -2.50. The summed E-state index contributed by atoms with van der Waals surface area (Å²) in [5.41, 5.74) is 1.88. The van der Waals surface area contributed by atoms with Crippen molar-refractivity contribution in [2.24, 2.45) is 0 Å². The van der Waals surface area contributed by atoms with E-state index in [0.29, 0.717) is 17.0 Å². The minimum atomic E-state index is -5.09. The highest BCUT2D eigenvalue weighted by Gasteiger charge is 2.38. The van der Waals surface area contributed by atoms with Gasteiger partial charge in [-0.1, -0.05) is 23.2 Å². The summed E-state index contributed by atoms with van der Waals surface area (Å²) < 4.78 is 45.5. The molecule has 1 aromatic carbocycles. The molecular weight excluding hydrogens is 552 g/mol. The molecule has 33 heavy (non-hydrogen) atoms. The lowest BCUT2D eigenvalue weighted by Crippen LogP contribution is -2.43. The third-order valence-corrected chi connectivity index (χ3v) is 6.38. The van der Waals surface area contributed by atoms with E-state index in [2.05, 4.69) is 20.9 Å². The maximum atomic E-state index is 12.3. The molecule has 176 valence electrons. The van der Waals surface area contributed by atoms with Crippen LogP contribution in [0.3, 0.4) is 0 Å². The van der Waals surface area contributed by atoms with Gasteiger partial charge in [-0.25, -0.2) is 4.98 Å². The second-order valence-corrected chi connectivity index (χ2v) is 8.37. The summed E-state index contributed by atoms with van der Waals surface area (Å²) in [5.74, 6) is -2.56. The number of nitrogens with one attached hydrogen (secondary N) is 1. The van der Waals surface area contributed by atoms with E-state index in [9.17, 15) is 22.8 Å². The van der Waals surface area contributed by atoms with Crippen LogP contribution in [-0.2, 0) is 16.2 Å². The number of imidazole rings is 1. The number of likely N-dealkylation sites (N-methyl/N-ethyl adjacent to an activating group) is 1. The second-order valence-electron chi connectivity index (χ2n) is 6.83. The Morgan fingerprint density at radius 2 is 1.97 bits per heavy atom. The summed E-state index contributed by atoms with van der Waals surface area (Å²) in [6, 6.07) is 6.41. The van der Waals surface area contributed by atoms with E-state index in [1.54, 1.807) is 16.5 Å². The summed E-state index contributed by atoms with van der Waals surface area (Å²) in [5, 5.41) is 1.87. The van der Waals surface area contributed by atoms with E-state index in [0.717, 1.165) is 15.2 Å². The highest BCUT2D eigenvalue weighted by molar-refractivity contribution is 9.10. The molecule has 7 nitrogen and oxygen atoms in total. The summed E-state index contributed by atoms with van der Waals surface area (Å²) >= 11 is 16.2. The number of halogens is 6. The summed E-state index contributed by atoms with van der Waals surface area (Å²) in [7, 11) is 1.31. The molecule has 13 heteroatoms. The second kappa shape index (κ2) is 9.78. The zero-order valence-electron chi connectivity index (χ0n) is 17.1. The molecule has 0 saturated carbocycles. The van der Waals surface area contributed by atoms with Crippen LogP contribution in [0, 0.1) is 6.92 Å². The molecule has 3 aromatic rings. The Balaban J connectivity index is 1.79. The molecule has 0 spiro atoms. The van der Waals surface area contributed by atoms with E-state index >= 15 is 0 Å². The first kappa shape index (κ1) is 25.1. The quantitative estimate of drug-likeness (QED) is 0.458. The summed E-state index contributed by atoms with van der Waals surface area (Å²) in [4.78, 5) is 28.7. The van der Waals surface area contributed by atoms with Gasteiger partial charge in [-0.05, 0) is 47.1 Å². The SMILES string of the molecule is Cc1nc2c(OCc3c(Cl)ccc(N(C)C(=O)CNC(=O)C(F)(F)F)c3Cl)cccn2c1Br. The smallest absolute Gasteiger partial charge is 0.471 e. The number of anilines is 1. The third-order valence-electron chi connectivity index (χ3n) is 4.65. The average Bonchev–Trinajstić information content (AvgIpc) is 3.05. The normalized spacial score (nSPS) is 11.5. The fourth-order valence-corrected chi connectivity index (χ4v) is 3.86. The van der Waals surface area contributed by atoms with Crippen LogP contribution < -0.4 is 15.0 Å². The maximum absolute atomic E-state index is 12.3. The van der Waals surface area contributed by atoms with E-state index in [1.165, 1.54) is 24.5 Å². The molecule has 0 aliphatic carbocycles. The average molecular weight is 568 g/mol. The van der Waals surface area contributed by atoms with Crippen molar-refractivity contribution in [1.29, 1.82) is 0 Å². The van der Waals surface area contributed by atoms with E-state index in [1.807, 2.05) is 13.1 Å². The Morgan fingerprint density at radius 1 is 1.27 bits per heavy atom. The van der Waals surface area contributed by atoms with Crippen LogP contribution in [-0.4, -0.2) is 41.0 Å². The minimum absolute atomic E-state index is 0.0679. The molecule has 0 saturated heterocycles. The van der Waals surface area contributed by atoms with Gasteiger partial charge >= 0.3 is 12.1 Å². The van der Waals surface area contributed by atoms with Crippen molar-refractivity contribution in [2.45, 2.75) is 19.7 Å². The van der Waals surface area contributed by atoms with Gasteiger partial charge in [0, 0.05) is 23.8 Å². The number of rotatable bonds is 6. The van der Waals surface area contributed by atoms with Crippen LogP contribution in [0.15, 0.2) is 35.1 Å². The van der Waals surface area contributed by atoms with Crippen molar-refractivity contribution in [3.63, 3.8) is 0 Å². The van der Waals surface area contributed by atoms with Crippen LogP contribution in [0.2, 0.25) is 10.0 Å². The molecule has 0 atom stereocenters. The van der Waals surface area contributed by atoms with Gasteiger partial charge in [-0.2, -0.15) is 13.2 Å². The van der Waals surface area contributed by atoms with Crippen molar-refractivity contribution in [3.8, 4) is 5.75 Å². The summed E-state index contributed by atoms with van der Waals surface area (Å²) in [6.45, 7) is 0.902. The first-order valence-electron chi connectivity index (χ1n) is 9.26. The number of aryl methyl sites for hydroxylation is 1. The minimum Gasteiger partial charge on any atom is -0.485 e. The van der Waals surface area contributed by atoms with E-state index < -0.39 is 24.5 Å². The molecule has 2 heterocycles. The lowest BCUT2D eigenvalue weighted by atomic mass is 10.2. The molecule has 0 unspecified atom stereocenters. The molecule has 0 radical (unpaired) electrons. The van der Waals surface area contributed by atoms with Crippen molar-refractivity contribution >= 4 is 62.3 Å². The van der Waals surface area contributed by atoms with Crippen molar-refractivity contribution in [1.82, 2.24) is 14.7 Å². The maximum Gasteiger partial charge on any atom is 0.471 e. The van der Waals surface area contributed by atoms with Gasteiger partial charge in [0.15, 0.2) is 11.4 Å². The van der Waals surface area contributed by atoms with Crippen molar-refractivity contribution in [3.05, 3.63) is 56.4 Å². The Kier molecular flexibility index (Phi) is 7.45. The van der Waals surface area contributed by atoms with Crippen LogP contribution in [0.5, 0.6) is 5.75 Å². The number of fused-ring (bicyclic) bond motifs is 1. The van der Waals surface area contributed by atoms with Gasteiger partial charge < -0.3 is 15.0 Å². The van der Waals surface area contributed by atoms with Crippen molar-refractivity contribution in [2.75, 3.05) is 18.5 Å². The highest BCUT2D eigenvalue weighted by atomic mass is 79.9. The number of pyridine rings is 1. The lowest BCUT2D eigenvalue weighted by molar-refractivity contribution is -0.173. The first-order valence-corrected chi connectivity index (χ1v) is 10.8. The number of hydrogen-bond donors (Lipinski definition) is 1. The molecule has 0 bridgehead atoms. The number of carbonyl (C=O) groups is 2. The zero-order chi connectivity index (χ0) is 24.5. The van der Waals surface area contributed by atoms with E-state index in [4.69, 9.17) is 27.9 Å². The number of hydrogen-bond acceptors (Lipinski definition) is 4. The largest absolute Gasteiger partial charge is 0.485 e. The molecule has 2 aromatic heterocycles. The molecular formula is C20H16BrCl2F3N4O3. The fraction of sp³-hybridized carbons (Fsp3) is 0.250. The van der Waals surface area contributed by atoms with Gasteiger partial charge in [0.1, 0.15) is 11.2 Å². The van der Waals surface area contributed by atoms with Gasteiger partial charge in [-0.3, -0.25) is 14.0 Å². The fourth-order valence-electron chi connectivity index (χ4n) is 2.88. The van der Waals surface area contributed by atoms with Crippen LogP contribution >= 0.6 is 39.1 Å². The predicted octanol–water partition coefficient (Wildman–Crippen LogP) is 4.93. The Labute approximate surface area is 204 Å². The van der Waals surface area contributed by atoms with Gasteiger partial charge in [0.2, 0.25) is 5.91 Å². The number of benzene rings is 1. The van der Waals surface area contributed by atoms with Crippen LogP contribution in [0.4, 0.5) is 18.9 Å².